The summed E-state index contributed by atoms with van der Waals surface area (Å²) < 4.78 is 6.83. The van der Waals surface area contributed by atoms with E-state index in [1.165, 1.54) is 89.9 Å². The molecule has 1 aliphatic carbocycles. The summed E-state index contributed by atoms with van der Waals surface area (Å²) in [6.45, 7) is 4.62. The van der Waals surface area contributed by atoms with Crippen molar-refractivity contribution >= 4 is 55.4 Å². The van der Waals surface area contributed by atoms with Crippen molar-refractivity contribution in [2.24, 2.45) is 0 Å². The molecule has 0 bridgehead atoms. The third-order valence-corrected chi connectivity index (χ3v) is 27.1. The Hall–Kier alpha value is -1.88. The zero-order valence-corrected chi connectivity index (χ0v) is 30.8. The Labute approximate surface area is 272 Å². The molecule has 224 valence electrons. The van der Waals surface area contributed by atoms with E-state index in [2.05, 4.69) is 97.4 Å². The number of thiophene rings is 2. The van der Waals surface area contributed by atoms with Crippen LogP contribution in [0.15, 0.2) is 94.7 Å². The van der Waals surface area contributed by atoms with Gasteiger partial charge in [0.1, 0.15) is 0 Å². The van der Waals surface area contributed by atoms with Gasteiger partial charge >= 0.3 is 275 Å². The van der Waals surface area contributed by atoms with Crippen molar-refractivity contribution in [2.45, 2.75) is 104 Å². The molecule has 0 radical (unpaired) electrons. The molecule has 2 aromatic carbocycles. The molecule has 1 fully saturated rings. The molecule has 2 aliphatic rings. The number of hydrogen-bond donors (Lipinski definition) is 0. The topological polar surface area (TPSA) is 0 Å². The molecule has 0 nitrogen and oxygen atoms in total. The van der Waals surface area contributed by atoms with Gasteiger partial charge in [0, 0.05) is 0 Å². The van der Waals surface area contributed by atoms with E-state index in [-0.39, 0.29) is 0 Å². The van der Waals surface area contributed by atoms with Crippen molar-refractivity contribution < 1.29 is 0 Å². The minimum absolute atomic E-state index is 1.22. The number of benzene rings is 2. The standard InChI is InChI=1S/C28H38S2.2C6H5.Sn/c1-3-5-7-9-13-23-17-27(29-21-23)19-25-15-11-12-16-26(25)20-28-18-24(22-30-28)14-10-8-6-4-2;2*1-2-4-6-5-3-1;/h17-18,21-22H,3-16H2,1-2H3;2*1-5H;. The van der Waals surface area contributed by atoms with Crippen LogP contribution in [-0.2, 0) is 12.8 Å². The van der Waals surface area contributed by atoms with Crippen molar-refractivity contribution in [2.75, 3.05) is 0 Å². The Balaban J connectivity index is 1.53. The quantitative estimate of drug-likeness (QED) is 0.0902. The van der Waals surface area contributed by atoms with Crippen LogP contribution in [0, 0.1) is 0 Å². The summed E-state index contributed by atoms with van der Waals surface area (Å²) >= 11 is 0.416. The van der Waals surface area contributed by atoms with Gasteiger partial charge in [-0.05, 0) is 0 Å². The number of allylic oxidation sites excluding steroid dienone is 2. The van der Waals surface area contributed by atoms with Crippen molar-refractivity contribution in [1.82, 2.24) is 0 Å². The minimum atomic E-state index is -3.68. The molecule has 0 spiro atoms. The second kappa shape index (κ2) is 14.9. The molecule has 3 heteroatoms. The van der Waals surface area contributed by atoms with Crippen molar-refractivity contribution in [3.63, 3.8) is 0 Å². The summed E-state index contributed by atoms with van der Waals surface area (Å²) in [7, 11) is 0. The molecule has 1 saturated carbocycles. The van der Waals surface area contributed by atoms with Crippen molar-refractivity contribution in [3.8, 4) is 0 Å². The summed E-state index contributed by atoms with van der Waals surface area (Å²) in [6, 6.07) is 28.9. The molecule has 2 aromatic heterocycles. The number of rotatable bonds is 14. The predicted octanol–water partition coefficient (Wildman–Crippen LogP) is 11.2. The molecule has 0 saturated heterocycles. The fraction of sp³-hybridized carbons (Fsp3) is 0.400. The van der Waals surface area contributed by atoms with Crippen LogP contribution in [0.2, 0.25) is 0 Å². The van der Waals surface area contributed by atoms with Crippen LogP contribution < -0.4 is 7.16 Å². The zero-order chi connectivity index (χ0) is 29.5. The van der Waals surface area contributed by atoms with E-state index in [0.29, 0.717) is 0 Å². The van der Waals surface area contributed by atoms with Gasteiger partial charge in [-0.3, -0.25) is 0 Å². The molecule has 0 unspecified atom stereocenters. The second-order valence-corrected chi connectivity index (χ2v) is 24.9. The van der Waals surface area contributed by atoms with Crippen LogP contribution in [0.1, 0.15) is 112 Å². The Kier molecular flexibility index (Phi) is 10.8. The number of fused-ring (bicyclic) bond motifs is 1. The third kappa shape index (κ3) is 6.44. The van der Waals surface area contributed by atoms with E-state index in [9.17, 15) is 0 Å². The monoisotopic (exact) mass is 712 g/mol. The third-order valence-electron chi connectivity index (χ3n) is 9.67. The summed E-state index contributed by atoms with van der Waals surface area (Å²) in [4.78, 5) is 3.16. The molecule has 43 heavy (non-hydrogen) atoms. The van der Waals surface area contributed by atoms with Gasteiger partial charge in [0.05, 0.1) is 0 Å². The fourth-order valence-corrected chi connectivity index (χ4v) is 28.1. The maximum atomic E-state index is 2.62. The molecule has 0 amide bonds. The normalized spacial score (nSPS) is 16.2. The number of unbranched alkanes of at least 4 members (excludes halogenated alkanes) is 6. The van der Waals surface area contributed by atoms with Crippen LogP contribution in [0.25, 0.3) is 7.18 Å². The average Bonchev–Trinajstić information content (AvgIpc) is 3.79. The Bertz CT molecular complexity index is 1420. The van der Waals surface area contributed by atoms with Crippen LogP contribution in [0.5, 0.6) is 0 Å². The number of aryl methyl sites for hydroxylation is 2. The van der Waals surface area contributed by atoms with E-state index < -0.39 is 18.4 Å². The van der Waals surface area contributed by atoms with E-state index in [0.717, 1.165) is 0 Å². The Morgan fingerprint density at radius 1 is 0.558 bits per heavy atom. The maximum absolute atomic E-state index is 3.68. The molecular formula is C40H48S2Sn. The van der Waals surface area contributed by atoms with Crippen molar-refractivity contribution in [1.29, 1.82) is 0 Å². The molecular weight excluding hydrogens is 663 g/mol. The van der Waals surface area contributed by atoms with Gasteiger partial charge in [-0.1, -0.05) is 0 Å². The summed E-state index contributed by atoms with van der Waals surface area (Å²) in [5.74, 6) is 0. The van der Waals surface area contributed by atoms with E-state index in [1.54, 1.807) is 46.4 Å². The van der Waals surface area contributed by atoms with Crippen LogP contribution in [0.3, 0.4) is 0 Å². The van der Waals surface area contributed by atoms with E-state index in [4.69, 9.17) is 0 Å². The fourth-order valence-electron chi connectivity index (χ4n) is 7.61. The molecule has 4 aromatic rings. The van der Waals surface area contributed by atoms with Gasteiger partial charge in [-0.15, -0.1) is 0 Å². The van der Waals surface area contributed by atoms with E-state index >= 15 is 0 Å². The first-order valence-electron chi connectivity index (χ1n) is 17.0. The zero-order valence-electron chi connectivity index (χ0n) is 26.3. The summed E-state index contributed by atoms with van der Waals surface area (Å²) in [5, 5.41) is 5.00. The molecule has 0 N–H and O–H groups in total. The van der Waals surface area contributed by atoms with Gasteiger partial charge in [-0.2, -0.15) is 0 Å². The Morgan fingerprint density at radius 3 is 1.42 bits per heavy atom. The van der Waals surface area contributed by atoms with Gasteiger partial charge in [-0.25, -0.2) is 0 Å². The van der Waals surface area contributed by atoms with E-state index in [1.807, 2.05) is 22.7 Å². The first-order chi connectivity index (χ1) is 21.3. The van der Waals surface area contributed by atoms with Gasteiger partial charge in [0.2, 0.25) is 0 Å². The van der Waals surface area contributed by atoms with Gasteiger partial charge in [0.25, 0.3) is 0 Å². The molecule has 1 aliphatic heterocycles. The average molecular weight is 712 g/mol. The molecule has 6 rings (SSSR count). The van der Waals surface area contributed by atoms with Gasteiger partial charge < -0.3 is 0 Å². The summed E-state index contributed by atoms with van der Waals surface area (Å²) in [5.41, 5.74) is 6.59. The van der Waals surface area contributed by atoms with Crippen LogP contribution in [-0.4, -0.2) is 18.4 Å². The predicted molar refractivity (Wildman–Crippen MR) is 195 cm³/mol. The van der Waals surface area contributed by atoms with Crippen molar-refractivity contribution in [3.05, 3.63) is 116 Å². The SMILES string of the molecule is CCCCCCc1csc([C]2=C3CCCCC3=[C](c3cc(CCCCCC)cs3)[Sn]2([c]2ccccc2)[c]2ccccc2)c1. The second-order valence-electron chi connectivity index (χ2n) is 12.7. The first kappa shape index (κ1) is 31.1. The summed E-state index contributed by atoms with van der Waals surface area (Å²) in [6.07, 6.45) is 18.2. The Morgan fingerprint density at radius 2 is 1.00 bits per heavy atom. The number of hydrogen-bond acceptors (Lipinski definition) is 2. The molecule has 0 atom stereocenters. The van der Waals surface area contributed by atoms with Gasteiger partial charge in [0.15, 0.2) is 0 Å². The first-order valence-corrected chi connectivity index (χ1v) is 24.5. The molecule has 3 heterocycles. The van der Waals surface area contributed by atoms with Crippen LogP contribution in [0.4, 0.5) is 0 Å². The van der Waals surface area contributed by atoms with Crippen LogP contribution >= 0.6 is 22.7 Å².